The first-order valence-electron chi connectivity index (χ1n) is 9.68. The van der Waals surface area contributed by atoms with Crippen LogP contribution in [0.25, 0.3) is 0 Å². The number of piperazine rings is 1. The number of amides is 2. The van der Waals surface area contributed by atoms with Crippen molar-refractivity contribution in [2.45, 2.75) is 53.4 Å². The molecule has 0 aromatic heterocycles. The van der Waals surface area contributed by atoms with E-state index in [2.05, 4.69) is 41.5 Å². The Hall–Kier alpha value is -2.04. The molecule has 1 aromatic carbocycles. The SMILES string of the molecule is COc1ccc(C(=O)N2CCN(C(=O)CC(C)(C)C)CC2)cc1C(C)(C)C. The molecule has 2 amide bonds. The number of carbonyl (C=O) groups is 2. The van der Waals surface area contributed by atoms with Gasteiger partial charge >= 0.3 is 0 Å². The van der Waals surface area contributed by atoms with Gasteiger partial charge in [0.1, 0.15) is 5.75 Å². The largest absolute Gasteiger partial charge is 0.496 e. The van der Waals surface area contributed by atoms with E-state index in [1.54, 1.807) is 7.11 Å². The van der Waals surface area contributed by atoms with Crippen molar-refractivity contribution in [2.24, 2.45) is 5.41 Å². The number of rotatable bonds is 3. The summed E-state index contributed by atoms with van der Waals surface area (Å²) >= 11 is 0. The van der Waals surface area contributed by atoms with Crippen LogP contribution >= 0.6 is 0 Å². The number of benzene rings is 1. The van der Waals surface area contributed by atoms with Gasteiger partial charge in [-0.15, -0.1) is 0 Å². The molecule has 1 heterocycles. The van der Waals surface area contributed by atoms with Gasteiger partial charge in [-0.1, -0.05) is 41.5 Å². The van der Waals surface area contributed by atoms with E-state index in [9.17, 15) is 9.59 Å². The Kier molecular flexibility index (Phi) is 6.23. The first kappa shape index (κ1) is 21.3. The average Bonchev–Trinajstić information content (AvgIpc) is 2.58. The van der Waals surface area contributed by atoms with Gasteiger partial charge in [0.05, 0.1) is 7.11 Å². The van der Waals surface area contributed by atoms with E-state index in [0.29, 0.717) is 38.2 Å². The molecule has 27 heavy (non-hydrogen) atoms. The Balaban J connectivity index is 2.07. The van der Waals surface area contributed by atoms with Gasteiger partial charge in [-0.25, -0.2) is 0 Å². The zero-order chi connectivity index (χ0) is 20.4. The molecule has 0 atom stereocenters. The van der Waals surface area contributed by atoms with Crippen molar-refractivity contribution in [1.29, 1.82) is 0 Å². The van der Waals surface area contributed by atoms with E-state index in [1.807, 2.05) is 28.0 Å². The zero-order valence-corrected chi connectivity index (χ0v) is 17.9. The van der Waals surface area contributed by atoms with Gasteiger partial charge in [-0.05, 0) is 29.0 Å². The van der Waals surface area contributed by atoms with E-state index in [-0.39, 0.29) is 22.6 Å². The van der Waals surface area contributed by atoms with E-state index in [0.717, 1.165) is 11.3 Å². The molecular weight excluding hydrogens is 340 g/mol. The van der Waals surface area contributed by atoms with Crippen LogP contribution in [0.3, 0.4) is 0 Å². The summed E-state index contributed by atoms with van der Waals surface area (Å²) in [6, 6.07) is 5.64. The minimum atomic E-state index is -0.111. The lowest BCUT2D eigenvalue weighted by atomic mass is 9.85. The van der Waals surface area contributed by atoms with Crippen molar-refractivity contribution in [3.63, 3.8) is 0 Å². The maximum absolute atomic E-state index is 13.0. The standard InChI is InChI=1S/C22H34N2O3/c1-21(2,3)15-19(25)23-10-12-24(13-11-23)20(26)16-8-9-18(27-7)17(14-16)22(4,5)6/h8-9,14H,10-13,15H2,1-7H3. The summed E-state index contributed by atoms with van der Waals surface area (Å²) in [5.41, 5.74) is 1.57. The molecule has 0 radical (unpaired) electrons. The Labute approximate surface area is 163 Å². The zero-order valence-electron chi connectivity index (χ0n) is 17.9. The van der Waals surface area contributed by atoms with Crippen molar-refractivity contribution in [2.75, 3.05) is 33.3 Å². The van der Waals surface area contributed by atoms with Crippen LogP contribution in [0.1, 0.15) is 63.9 Å². The summed E-state index contributed by atoms with van der Waals surface area (Å²) in [7, 11) is 1.65. The number of hydrogen-bond donors (Lipinski definition) is 0. The molecule has 1 aromatic rings. The molecule has 1 aliphatic heterocycles. The Morgan fingerprint density at radius 2 is 1.52 bits per heavy atom. The molecule has 5 nitrogen and oxygen atoms in total. The maximum atomic E-state index is 13.0. The lowest BCUT2D eigenvalue weighted by molar-refractivity contribution is -0.134. The van der Waals surface area contributed by atoms with Crippen molar-refractivity contribution < 1.29 is 14.3 Å². The van der Waals surface area contributed by atoms with Gasteiger partial charge in [0.15, 0.2) is 0 Å². The molecule has 5 heteroatoms. The lowest BCUT2D eigenvalue weighted by Crippen LogP contribution is -2.51. The van der Waals surface area contributed by atoms with Crippen LogP contribution in [0.5, 0.6) is 5.75 Å². The number of hydrogen-bond acceptors (Lipinski definition) is 3. The van der Waals surface area contributed by atoms with Crippen molar-refractivity contribution >= 4 is 11.8 Å². The van der Waals surface area contributed by atoms with Crippen molar-refractivity contribution in [1.82, 2.24) is 9.80 Å². The molecule has 1 saturated heterocycles. The molecule has 0 N–H and O–H groups in total. The van der Waals surface area contributed by atoms with Gasteiger partial charge in [-0.3, -0.25) is 9.59 Å². The molecule has 0 spiro atoms. The van der Waals surface area contributed by atoms with Crippen LogP contribution in [0, 0.1) is 5.41 Å². The lowest BCUT2D eigenvalue weighted by Gasteiger charge is -2.36. The normalized spacial score (nSPS) is 15.7. The highest BCUT2D eigenvalue weighted by atomic mass is 16.5. The molecule has 0 bridgehead atoms. The quantitative estimate of drug-likeness (QED) is 0.810. The second-order valence-electron chi connectivity index (χ2n) is 9.58. The van der Waals surface area contributed by atoms with Crippen molar-refractivity contribution in [3.8, 4) is 5.75 Å². The second-order valence-corrected chi connectivity index (χ2v) is 9.58. The van der Waals surface area contributed by atoms with E-state index >= 15 is 0 Å². The average molecular weight is 375 g/mol. The molecule has 2 rings (SSSR count). The highest BCUT2D eigenvalue weighted by molar-refractivity contribution is 5.95. The Morgan fingerprint density at radius 3 is 2.00 bits per heavy atom. The third-order valence-electron chi connectivity index (χ3n) is 4.86. The molecule has 1 fully saturated rings. The van der Waals surface area contributed by atoms with Gasteiger partial charge in [0.25, 0.3) is 5.91 Å². The Morgan fingerprint density at radius 1 is 0.963 bits per heavy atom. The minimum Gasteiger partial charge on any atom is -0.496 e. The highest BCUT2D eigenvalue weighted by Gasteiger charge is 2.28. The highest BCUT2D eigenvalue weighted by Crippen LogP contribution is 2.32. The fourth-order valence-electron chi connectivity index (χ4n) is 3.33. The maximum Gasteiger partial charge on any atom is 0.253 e. The van der Waals surface area contributed by atoms with Gasteiger partial charge in [0.2, 0.25) is 5.91 Å². The predicted octanol–water partition coefficient (Wildman–Crippen LogP) is 3.71. The van der Waals surface area contributed by atoms with Crippen LogP contribution in [-0.4, -0.2) is 54.9 Å². The third kappa shape index (κ3) is 5.47. The summed E-state index contributed by atoms with van der Waals surface area (Å²) in [5, 5.41) is 0. The summed E-state index contributed by atoms with van der Waals surface area (Å²) < 4.78 is 5.46. The smallest absolute Gasteiger partial charge is 0.253 e. The number of nitrogens with zero attached hydrogens (tertiary/aromatic N) is 2. The van der Waals surface area contributed by atoms with E-state index in [1.165, 1.54) is 0 Å². The monoisotopic (exact) mass is 374 g/mol. The summed E-state index contributed by atoms with van der Waals surface area (Å²) in [4.78, 5) is 29.1. The van der Waals surface area contributed by atoms with Crippen LogP contribution in [0.15, 0.2) is 18.2 Å². The van der Waals surface area contributed by atoms with E-state index < -0.39 is 0 Å². The number of ether oxygens (including phenoxy) is 1. The number of carbonyl (C=O) groups excluding carboxylic acids is 2. The molecule has 0 saturated carbocycles. The van der Waals surface area contributed by atoms with E-state index in [4.69, 9.17) is 4.74 Å². The molecule has 150 valence electrons. The van der Waals surface area contributed by atoms with Gasteiger partial charge in [-0.2, -0.15) is 0 Å². The fourth-order valence-corrected chi connectivity index (χ4v) is 3.33. The molecule has 0 aliphatic carbocycles. The molecular formula is C22H34N2O3. The fraction of sp³-hybridized carbons (Fsp3) is 0.636. The Bertz CT molecular complexity index is 690. The minimum absolute atomic E-state index is 0.0174. The van der Waals surface area contributed by atoms with Gasteiger partial charge < -0.3 is 14.5 Å². The third-order valence-corrected chi connectivity index (χ3v) is 4.86. The van der Waals surface area contributed by atoms with Crippen LogP contribution in [0.2, 0.25) is 0 Å². The van der Waals surface area contributed by atoms with Crippen molar-refractivity contribution in [3.05, 3.63) is 29.3 Å². The molecule has 1 aliphatic rings. The topological polar surface area (TPSA) is 49.9 Å². The predicted molar refractivity (Wildman–Crippen MR) is 108 cm³/mol. The second kappa shape index (κ2) is 7.91. The molecule has 0 unspecified atom stereocenters. The summed E-state index contributed by atoms with van der Waals surface area (Å²) in [5.74, 6) is 0.997. The summed E-state index contributed by atoms with van der Waals surface area (Å²) in [6.45, 7) is 14.9. The first-order chi connectivity index (χ1) is 12.4. The summed E-state index contributed by atoms with van der Waals surface area (Å²) in [6.07, 6.45) is 0.536. The van der Waals surface area contributed by atoms with Gasteiger partial charge in [0, 0.05) is 43.7 Å². The first-order valence-corrected chi connectivity index (χ1v) is 9.68. The number of methoxy groups -OCH3 is 1. The van der Waals surface area contributed by atoms with Crippen LogP contribution in [-0.2, 0) is 10.2 Å². The van der Waals surface area contributed by atoms with Crippen LogP contribution < -0.4 is 4.74 Å². The van der Waals surface area contributed by atoms with Crippen LogP contribution in [0.4, 0.5) is 0 Å².